The van der Waals surface area contributed by atoms with Crippen molar-refractivity contribution in [3.8, 4) is 11.5 Å². The lowest BCUT2D eigenvalue weighted by Crippen LogP contribution is -2.61. The van der Waals surface area contributed by atoms with Crippen LogP contribution in [0.5, 0.6) is 11.5 Å². The Morgan fingerprint density at radius 1 is 1.00 bits per heavy atom. The number of carbonyl (C=O) groups is 3. The number of urea groups is 1. The Balaban J connectivity index is 1.27. The van der Waals surface area contributed by atoms with E-state index in [1.807, 2.05) is 0 Å². The van der Waals surface area contributed by atoms with Gasteiger partial charge in [-0.15, -0.1) is 0 Å². The minimum atomic E-state index is -1.30. The molecule has 4 aromatic rings. The second-order valence-corrected chi connectivity index (χ2v) is 11.5. The molecule has 13 heteroatoms. The summed E-state index contributed by atoms with van der Waals surface area (Å²) in [7, 11) is 0. The van der Waals surface area contributed by atoms with Gasteiger partial charge in [-0.05, 0) is 76.2 Å². The predicted octanol–water partition coefficient (Wildman–Crippen LogP) is 5.95. The first-order valence-corrected chi connectivity index (χ1v) is 14.4. The summed E-state index contributed by atoms with van der Waals surface area (Å²) in [5, 5.41) is 15.7. The molecule has 0 bridgehead atoms. The lowest BCUT2D eigenvalue weighted by molar-refractivity contribution is -0.132. The van der Waals surface area contributed by atoms with Crippen LogP contribution in [0.3, 0.4) is 0 Å². The Morgan fingerprint density at radius 2 is 1.74 bits per heavy atom. The van der Waals surface area contributed by atoms with Crippen LogP contribution < -0.4 is 20.3 Å². The molecular formula is C33H32F2N6O5. The van der Waals surface area contributed by atoms with Gasteiger partial charge in [0.2, 0.25) is 11.8 Å². The Labute approximate surface area is 263 Å². The highest BCUT2D eigenvalue weighted by molar-refractivity contribution is 6.23. The first-order valence-electron chi connectivity index (χ1n) is 14.4. The molecule has 1 aliphatic rings. The molecule has 2 aromatic carbocycles. The summed E-state index contributed by atoms with van der Waals surface area (Å²) < 4.78 is 34.3. The van der Waals surface area contributed by atoms with E-state index in [0.717, 1.165) is 23.1 Å². The van der Waals surface area contributed by atoms with Gasteiger partial charge in [0.05, 0.1) is 11.3 Å². The van der Waals surface area contributed by atoms with Crippen LogP contribution in [-0.4, -0.2) is 50.4 Å². The summed E-state index contributed by atoms with van der Waals surface area (Å²) in [5.74, 6) is -3.15. The molecule has 3 heterocycles. The first-order chi connectivity index (χ1) is 21.8. The molecule has 0 spiro atoms. The number of hydrogen-bond donors (Lipinski definition) is 3. The number of aromatic nitrogens is 2. The van der Waals surface area contributed by atoms with Crippen LogP contribution in [0, 0.1) is 17.6 Å². The Kier molecular flexibility index (Phi) is 8.96. The zero-order valence-corrected chi connectivity index (χ0v) is 25.5. The monoisotopic (exact) mass is 630 g/mol. The zero-order chi connectivity index (χ0) is 33.2. The molecule has 11 nitrogen and oxygen atoms in total. The maximum Gasteiger partial charge on any atom is 0.331 e. The summed E-state index contributed by atoms with van der Waals surface area (Å²) in [6.45, 7) is 6.62. The summed E-state index contributed by atoms with van der Waals surface area (Å²) in [6.07, 6.45) is 3.01. The summed E-state index contributed by atoms with van der Waals surface area (Å²) in [4.78, 5) is 50.4. The fourth-order valence-electron chi connectivity index (χ4n) is 4.71. The Hall–Kier alpha value is -5.43. The lowest BCUT2D eigenvalue weighted by atomic mass is 10.0. The molecule has 4 amide bonds. The van der Waals surface area contributed by atoms with Gasteiger partial charge in [-0.2, -0.15) is 0 Å². The highest BCUT2D eigenvalue weighted by atomic mass is 19.1. The fraction of sp³-hybridized carbons (Fsp3) is 0.242. The second-order valence-electron chi connectivity index (χ2n) is 11.5. The normalized spacial score (nSPS) is 15.3. The van der Waals surface area contributed by atoms with E-state index in [4.69, 9.17) is 4.74 Å². The molecular weight excluding hydrogens is 598 g/mol. The quantitative estimate of drug-likeness (QED) is 0.193. The van der Waals surface area contributed by atoms with Crippen LogP contribution in [-0.2, 0) is 15.2 Å². The smallest absolute Gasteiger partial charge is 0.331 e. The summed E-state index contributed by atoms with van der Waals surface area (Å²) >= 11 is 0. The number of rotatable bonds is 9. The van der Waals surface area contributed by atoms with Crippen LogP contribution in [0.25, 0.3) is 0 Å². The Morgan fingerprint density at radius 3 is 2.37 bits per heavy atom. The SMILES string of the molecule is CC(C)N1CC(C(=O)Nc2ccc(Oc3ccnc(Nc4ccc(C(C)(C)O)cn4)c3)c(F)c2)C(=O)N(c2ccc(F)cc2)C1=O. The van der Waals surface area contributed by atoms with Gasteiger partial charge in [0.1, 0.15) is 29.1 Å². The third-order valence-corrected chi connectivity index (χ3v) is 7.24. The molecule has 1 fully saturated rings. The number of amides is 4. The topological polar surface area (TPSA) is 137 Å². The highest BCUT2D eigenvalue weighted by Crippen LogP contribution is 2.30. The molecule has 2 aromatic heterocycles. The van der Waals surface area contributed by atoms with E-state index in [0.29, 0.717) is 17.2 Å². The second kappa shape index (κ2) is 12.9. The van der Waals surface area contributed by atoms with Crippen molar-refractivity contribution in [2.45, 2.75) is 39.3 Å². The number of anilines is 4. The largest absolute Gasteiger partial charge is 0.454 e. The molecule has 238 valence electrons. The third kappa shape index (κ3) is 7.10. The number of benzene rings is 2. The molecule has 5 rings (SSSR count). The molecule has 1 aliphatic heterocycles. The first kappa shape index (κ1) is 32.0. The number of nitrogens with zero attached hydrogens (tertiary/aromatic N) is 4. The van der Waals surface area contributed by atoms with Crippen molar-refractivity contribution in [3.63, 3.8) is 0 Å². The molecule has 1 unspecified atom stereocenters. The number of nitrogens with one attached hydrogen (secondary N) is 2. The maximum atomic E-state index is 15.1. The predicted molar refractivity (Wildman–Crippen MR) is 167 cm³/mol. The van der Waals surface area contributed by atoms with E-state index in [1.54, 1.807) is 52.1 Å². The average Bonchev–Trinajstić information content (AvgIpc) is 2.99. The average molecular weight is 631 g/mol. The molecule has 46 heavy (non-hydrogen) atoms. The standard InChI is InChI=1S/C33H32F2N6O5/c1-19(2)40-18-25(31(43)41(32(40)44)23-9-6-21(34)7-10-23)30(42)38-22-8-11-27(26(35)15-22)46-24-13-14-36-29(16-24)39-28-12-5-20(17-37-28)33(3,4)45/h5-17,19,25,45H,18H2,1-4H3,(H,38,42)(H,36,37,39). The number of hydrogen-bond acceptors (Lipinski definition) is 8. The van der Waals surface area contributed by atoms with Crippen molar-refractivity contribution in [3.05, 3.63) is 96.3 Å². The van der Waals surface area contributed by atoms with Crippen molar-refractivity contribution in [1.82, 2.24) is 14.9 Å². The molecule has 1 saturated heterocycles. The van der Waals surface area contributed by atoms with Crippen molar-refractivity contribution < 1.29 is 33.0 Å². The molecule has 1 atom stereocenters. The number of carbonyl (C=O) groups excluding carboxylic acids is 3. The fourth-order valence-corrected chi connectivity index (χ4v) is 4.71. The van der Waals surface area contributed by atoms with Gasteiger partial charge in [0.15, 0.2) is 11.6 Å². The van der Waals surface area contributed by atoms with Gasteiger partial charge < -0.3 is 25.4 Å². The van der Waals surface area contributed by atoms with Crippen molar-refractivity contribution in [1.29, 1.82) is 0 Å². The van der Waals surface area contributed by atoms with Gasteiger partial charge in [0, 0.05) is 48.4 Å². The van der Waals surface area contributed by atoms with E-state index < -0.39 is 41.0 Å². The van der Waals surface area contributed by atoms with Crippen LogP contribution in [0.4, 0.5) is 36.6 Å². The van der Waals surface area contributed by atoms with E-state index in [9.17, 15) is 23.9 Å². The minimum Gasteiger partial charge on any atom is -0.454 e. The van der Waals surface area contributed by atoms with Crippen LogP contribution in [0.1, 0.15) is 33.3 Å². The number of ether oxygens (including phenoxy) is 1. The summed E-state index contributed by atoms with van der Waals surface area (Å²) in [5.41, 5.74) is -0.194. The van der Waals surface area contributed by atoms with Gasteiger partial charge >= 0.3 is 6.03 Å². The van der Waals surface area contributed by atoms with Crippen molar-refractivity contribution >= 4 is 40.9 Å². The van der Waals surface area contributed by atoms with Crippen LogP contribution in [0.15, 0.2) is 79.1 Å². The zero-order valence-electron chi connectivity index (χ0n) is 25.5. The van der Waals surface area contributed by atoms with Crippen LogP contribution in [0.2, 0.25) is 0 Å². The van der Waals surface area contributed by atoms with Crippen molar-refractivity contribution in [2.75, 3.05) is 22.1 Å². The van der Waals surface area contributed by atoms with E-state index >= 15 is 4.39 Å². The molecule has 0 aliphatic carbocycles. The number of pyridine rings is 2. The van der Waals surface area contributed by atoms with Gasteiger partial charge in [-0.25, -0.2) is 28.4 Å². The van der Waals surface area contributed by atoms with Gasteiger partial charge in [-0.1, -0.05) is 6.07 Å². The highest BCUT2D eigenvalue weighted by Gasteiger charge is 2.44. The Bertz CT molecular complexity index is 1760. The number of imide groups is 1. The lowest BCUT2D eigenvalue weighted by Gasteiger charge is -2.39. The molecule has 3 N–H and O–H groups in total. The maximum absolute atomic E-state index is 15.1. The van der Waals surface area contributed by atoms with Gasteiger partial charge in [0.25, 0.3) is 0 Å². The van der Waals surface area contributed by atoms with Crippen molar-refractivity contribution in [2.24, 2.45) is 5.92 Å². The third-order valence-electron chi connectivity index (χ3n) is 7.24. The number of halogens is 2. The van der Waals surface area contributed by atoms with E-state index in [1.165, 1.54) is 41.4 Å². The molecule has 0 saturated carbocycles. The van der Waals surface area contributed by atoms with E-state index in [2.05, 4.69) is 20.6 Å². The van der Waals surface area contributed by atoms with Gasteiger partial charge in [-0.3, -0.25) is 9.59 Å². The summed E-state index contributed by atoms with van der Waals surface area (Å²) in [6, 6.07) is 14.1. The number of aliphatic hydroxyl groups is 1. The van der Waals surface area contributed by atoms with E-state index in [-0.39, 0.29) is 35.5 Å². The minimum absolute atomic E-state index is 0.0710. The molecule has 0 radical (unpaired) electrons. The van der Waals surface area contributed by atoms with Crippen LogP contribution >= 0.6 is 0 Å².